The molecule has 0 aromatic carbocycles. The van der Waals surface area contributed by atoms with Gasteiger partial charge < -0.3 is 9.84 Å². The minimum absolute atomic E-state index is 0.00566. The first-order chi connectivity index (χ1) is 9.61. The molecule has 0 bridgehead atoms. The molecule has 0 aliphatic carbocycles. The summed E-state index contributed by atoms with van der Waals surface area (Å²) in [5.41, 5.74) is 0. The first-order valence-corrected chi connectivity index (χ1v) is 7.82. The van der Waals surface area contributed by atoms with Gasteiger partial charge in [-0.2, -0.15) is 0 Å². The molecule has 0 aliphatic heterocycles. The Bertz CT molecular complexity index is 569. The van der Waals surface area contributed by atoms with Crippen molar-refractivity contribution in [1.82, 2.24) is 14.8 Å². The minimum Gasteiger partial charge on any atom is -0.481 e. The maximum atomic E-state index is 10.7. The number of aromatic nitrogens is 3. The largest absolute Gasteiger partial charge is 0.481 e. The van der Waals surface area contributed by atoms with Crippen LogP contribution in [0, 0.1) is 0 Å². The Kier molecular flexibility index (Phi) is 5.16. The van der Waals surface area contributed by atoms with Crippen molar-refractivity contribution in [2.24, 2.45) is 0 Å². The lowest BCUT2D eigenvalue weighted by Crippen LogP contribution is -2.16. The number of hydrogen-bond acceptors (Lipinski definition) is 6. The van der Waals surface area contributed by atoms with Gasteiger partial charge in [0.15, 0.2) is 11.0 Å². The van der Waals surface area contributed by atoms with E-state index in [1.807, 2.05) is 29.0 Å². The topological polar surface area (TPSA) is 77.2 Å². The zero-order valence-electron chi connectivity index (χ0n) is 11.1. The van der Waals surface area contributed by atoms with Crippen molar-refractivity contribution in [2.45, 2.75) is 24.7 Å². The zero-order chi connectivity index (χ0) is 14.5. The lowest BCUT2D eigenvalue weighted by molar-refractivity contribution is -0.133. The Morgan fingerprint density at radius 1 is 1.60 bits per heavy atom. The highest BCUT2D eigenvalue weighted by Gasteiger charge is 2.17. The molecule has 2 aromatic heterocycles. The van der Waals surface area contributed by atoms with Gasteiger partial charge in [0.1, 0.15) is 0 Å². The van der Waals surface area contributed by atoms with Crippen LogP contribution in [-0.4, -0.2) is 44.8 Å². The molecular formula is C12H15N3O3S2. The lowest BCUT2D eigenvalue weighted by Gasteiger charge is -2.13. The predicted molar refractivity (Wildman–Crippen MR) is 78.2 cm³/mol. The number of ether oxygens (including phenoxy) is 1. The van der Waals surface area contributed by atoms with Crippen molar-refractivity contribution in [3.63, 3.8) is 0 Å². The SMILES string of the molecule is COC(C)Cn1c(SCC(=O)O)nnc1-c1cccs1. The fourth-order valence-electron chi connectivity index (χ4n) is 1.61. The molecule has 2 rings (SSSR count). The summed E-state index contributed by atoms with van der Waals surface area (Å²) >= 11 is 2.74. The van der Waals surface area contributed by atoms with Gasteiger partial charge in [-0.05, 0) is 18.4 Å². The smallest absolute Gasteiger partial charge is 0.313 e. The molecule has 20 heavy (non-hydrogen) atoms. The van der Waals surface area contributed by atoms with Crippen molar-refractivity contribution in [3.05, 3.63) is 17.5 Å². The Labute approximate surface area is 124 Å². The minimum atomic E-state index is -0.873. The highest BCUT2D eigenvalue weighted by molar-refractivity contribution is 7.99. The van der Waals surface area contributed by atoms with Crippen LogP contribution in [0.15, 0.2) is 22.7 Å². The number of thioether (sulfide) groups is 1. The standard InChI is InChI=1S/C12H15N3O3S2/c1-8(18-2)6-15-11(9-4-3-5-19-9)13-14-12(15)20-7-10(16)17/h3-5,8H,6-7H2,1-2H3,(H,16,17). The van der Waals surface area contributed by atoms with Gasteiger partial charge in [0.05, 0.1) is 23.3 Å². The molecular weight excluding hydrogens is 298 g/mol. The van der Waals surface area contributed by atoms with Gasteiger partial charge in [-0.3, -0.25) is 9.36 Å². The van der Waals surface area contributed by atoms with Crippen LogP contribution in [0.3, 0.4) is 0 Å². The summed E-state index contributed by atoms with van der Waals surface area (Å²) in [6.45, 7) is 2.53. The van der Waals surface area contributed by atoms with Crippen LogP contribution in [0.4, 0.5) is 0 Å². The number of aliphatic carboxylic acids is 1. The van der Waals surface area contributed by atoms with Crippen LogP contribution in [0.25, 0.3) is 10.7 Å². The fourth-order valence-corrected chi connectivity index (χ4v) is 2.99. The Morgan fingerprint density at radius 3 is 3.00 bits per heavy atom. The van der Waals surface area contributed by atoms with Crippen LogP contribution in [0.1, 0.15) is 6.92 Å². The molecule has 0 fully saturated rings. The number of methoxy groups -OCH3 is 1. The summed E-state index contributed by atoms with van der Waals surface area (Å²) in [6, 6.07) is 3.91. The van der Waals surface area contributed by atoms with Crippen LogP contribution < -0.4 is 0 Å². The van der Waals surface area contributed by atoms with Crippen LogP contribution in [0.2, 0.25) is 0 Å². The third-order valence-corrected chi connectivity index (χ3v) is 4.44. The molecule has 0 aliphatic rings. The summed E-state index contributed by atoms with van der Waals surface area (Å²) < 4.78 is 7.19. The van der Waals surface area contributed by atoms with Crippen molar-refractivity contribution < 1.29 is 14.6 Å². The summed E-state index contributed by atoms with van der Waals surface area (Å²) in [5.74, 6) is -0.164. The van der Waals surface area contributed by atoms with Gasteiger partial charge in [0.2, 0.25) is 0 Å². The van der Waals surface area contributed by atoms with E-state index < -0.39 is 5.97 Å². The first kappa shape index (κ1) is 15.0. The molecule has 0 radical (unpaired) electrons. The van der Waals surface area contributed by atoms with E-state index in [1.54, 1.807) is 18.4 Å². The first-order valence-electron chi connectivity index (χ1n) is 5.96. The quantitative estimate of drug-likeness (QED) is 0.790. The van der Waals surface area contributed by atoms with Gasteiger partial charge >= 0.3 is 5.97 Å². The third kappa shape index (κ3) is 3.59. The second-order valence-corrected chi connectivity index (χ2v) is 6.01. The van der Waals surface area contributed by atoms with E-state index >= 15 is 0 Å². The van der Waals surface area contributed by atoms with Gasteiger partial charge in [-0.1, -0.05) is 17.8 Å². The van der Waals surface area contributed by atoms with E-state index in [4.69, 9.17) is 9.84 Å². The van der Waals surface area contributed by atoms with Crippen molar-refractivity contribution in [1.29, 1.82) is 0 Å². The zero-order valence-corrected chi connectivity index (χ0v) is 12.8. The van der Waals surface area contributed by atoms with Crippen molar-refractivity contribution in [2.75, 3.05) is 12.9 Å². The molecule has 0 saturated heterocycles. The number of rotatable bonds is 7. The number of carbonyl (C=O) groups is 1. The highest BCUT2D eigenvalue weighted by atomic mass is 32.2. The Hall–Kier alpha value is -1.38. The molecule has 0 saturated carbocycles. The molecule has 8 heteroatoms. The van der Waals surface area contributed by atoms with E-state index in [2.05, 4.69) is 10.2 Å². The predicted octanol–water partition coefficient (Wildman–Crippen LogP) is 2.22. The number of thiophene rings is 1. The summed E-state index contributed by atoms with van der Waals surface area (Å²) in [5, 5.41) is 19.6. The van der Waals surface area contributed by atoms with Gasteiger partial charge in [0.25, 0.3) is 0 Å². The molecule has 108 valence electrons. The van der Waals surface area contributed by atoms with Gasteiger partial charge in [-0.25, -0.2) is 0 Å². The third-order valence-electron chi connectivity index (χ3n) is 2.63. The molecule has 2 heterocycles. The molecule has 1 N–H and O–H groups in total. The molecule has 0 amide bonds. The fraction of sp³-hybridized carbons (Fsp3) is 0.417. The summed E-state index contributed by atoms with van der Waals surface area (Å²) in [6.07, 6.45) is -0.00566. The van der Waals surface area contributed by atoms with Crippen molar-refractivity contribution >= 4 is 29.1 Å². The maximum absolute atomic E-state index is 10.7. The number of carboxylic acids is 1. The maximum Gasteiger partial charge on any atom is 0.313 e. The Balaban J connectivity index is 2.29. The average molecular weight is 313 g/mol. The van der Waals surface area contributed by atoms with Crippen LogP contribution >= 0.6 is 23.1 Å². The second kappa shape index (κ2) is 6.87. The van der Waals surface area contributed by atoms with Crippen molar-refractivity contribution in [3.8, 4) is 10.7 Å². The summed E-state index contributed by atoms with van der Waals surface area (Å²) in [4.78, 5) is 11.7. The number of carboxylic acid groups (broad SMARTS) is 1. The average Bonchev–Trinajstić information content (AvgIpc) is 3.05. The van der Waals surface area contributed by atoms with E-state index in [0.29, 0.717) is 11.7 Å². The second-order valence-electron chi connectivity index (χ2n) is 4.12. The number of hydrogen-bond donors (Lipinski definition) is 1. The normalized spacial score (nSPS) is 12.5. The molecule has 2 aromatic rings. The summed E-state index contributed by atoms with van der Waals surface area (Å²) in [7, 11) is 1.64. The van der Waals surface area contributed by atoms with E-state index in [1.165, 1.54) is 0 Å². The number of nitrogens with zero attached hydrogens (tertiary/aromatic N) is 3. The van der Waals surface area contributed by atoms with E-state index in [0.717, 1.165) is 22.5 Å². The van der Waals surface area contributed by atoms with Crippen LogP contribution in [-0.2, 0) is 16.1 Å². The van der Waals surface area contributed by atoms with E-state index in [9.17, 15) is 4.79 Å². The Morgan fingerprint density at radius 2 is 2.40 bits per heavy atom. The molecule has 0 spiro atoms. The van der Waals surface area contributed by atoms with Gasteiger partial charge in [0, 0.05) is 7.11 Å². The molecule has 1 unspecified atom stereocenters. The monoisotopic (exact) mass is 313 g/mol. The lowest BCUT2D eigenvalue weighted by atomic mass is 10.3. The van der Waals surface area contributed by atoms with Gasteiger partial charge in [-0.15, -0.1) is 21.5 Å². The molecule has 6 nitrogen and oxygen atoms in total. The molecule has 1 atom stereocenters. The van der Waals surface area contributed by atoms with E-state index in [-0.39, 0.29) is 11.9 Å². The highest BCUT2D eigenvalue weighted by Crippen LogP contribution is 2.27. The van der Waals surface area contributed by atoms with Crippen LogP contribution in [0.5, 0.6) is 0 Å².